The largest absolute Gasteiger partial charge is 1.00 e. The molecule has 30 heteroatoms. The molecular weight excluding hydrogens is 821 g/mol. The first-order valence-electron chi connectivity index (χ1n) is 5.25. The summed E-state index contributed by atoms with van der Waals surface area (Å²) < 4.78 is 194. The Bertz CT molecular complexity index is 614. The van der Waals surface area contributed by atoms with Gasteiger partial charge in [0.15, 0.2) is 0 Å². The minimum Gasteiger partial charge on any atom is 1.00 e. The second-order valence-electron chi connectivity index (χ2n) is 3.21. The molecule has 0 heterocycles. The Hall–Kier alpha value is 1.55. The van der Waals surface area contributed by atoms with Crippen molar-refractivity contribution in [3.05, 3.63) is 0 Å². The monoisotopic (exact) mass is 836 g/mol. The quantitative estimate of drug-likeness (QED) is 0.0666. The van der Waals surface area contributed by atoms with Crippen LogP contribution in [-0.2, 0) is 28.8 Å². The average Bonchev–Trinajstić information content (AvgIpc) is 2.14. The van der Waals surface area contributed by atoms with Crippen molar-refractivity contribution in [2.75, 3.05) is 5.75 Å². The van der Waals surface area contributed by atoms with E-state index in [2.05, 4.69) is 0 Å². The molecule has 0 aromatic heterocycles. The van der Waals surface area contributed by atoms with Gasteiger partial charge in [-0.25, -0.2) is 0 Å². The van der Waals surface area contributed by atoms with Gasteiger partial charge in [-0.3, -0.25) is 4.55 Å². The van der Waals surface area contributed by atoms with Crippen LogP contribution in [0.25, 0.3) is 0 Å². The Morgan fingerprint density at radius 1 is 0.625 bits per heavy atom. The smallest absolute Gasteiger partial charge is 1.00 e. The molecule has 32 heavy (non-hydrogen) atoms. The zero-order chi connectivity index (χ0) is 27.7. The molecule has 0 rings (SSSR count). The maximum atomic E-state index is 10.4. The maximum absolute atomic E-state index is 10.4. The van der Waals surface area contributed by atoms with Crippen LogP contribution in [0.3, 0.4) is 0 Å². The maximum Gasteiger partial charge on any atom is 1.00 e. The van der Waals surface area contributed by atoms with Crippen molar-refractivity contribution in [2.45, 2.75) is 6.92 Å². The molecule has 0 fully saturated rings. The summed E-state index contributed by atoms with van der Waals surface area (Å²) in [6, 6.07) is 0. The predicted octanol–water partition coefficient (Wildman–Crippen LogP) is -9.70. The molecule has 0 bridgehead atoms. The molecule has 0 amide bonds. The van der Waals surface area contributed by atoms with Crippen LogP contribution in [0.15, 0.2) is 0 Å². The molecular formula is C2H15As5F5LiO18S. The van der Waals surface area contributed by atoms with E-state index in [0.717, 1.165) is 0 Å². The molecule has 0 saturated carbocycles. The van der Waals surface area contributed by atoms with Crippen LogP contribution in [-0.4, -0.2) is 129 Å². The molecule has 198 valence electrons. The standard InChI is InChI=1S/C2H6O3S.5AsFH2O3.Li/c1-2-6(3,4)5;5*2-1(3,4)5;/h2H2,1H3,(H,3,4,5);5*(H2,3,4,5);/q;;;;;;+1/p-1. The summed E-state index contributed by atoms with van der Waals surface area (Å²) in [5, 5.41) is 0. The first-order chi connectivity index (χ1) is 12.6. The molecule has 0 radical (unpaired) electrons. The second kappa shape index (κ2) is 21.8. The fourth-order valence-corrected chi connectivity index (χ4v) is 0. The van der Waals surface area contributed by atoms with Crippen LogP contribution in [0, 0.1) is 0 Å². The van der Waals surface area contributed by atoms with Gasteiger partial charge in [0.25, 0.3) is 10.1 Å². The van der Waals surface area contributed by atoms with Gasteiger partial charge in [0, 0.05) is 0 Å². The Morgan fingerprint density at radius 3 is 0.656 bits per heavy atom. The van der Waals surface area contributed by atoms with Crippen LogP contribution in [0.5, 0.6) is 0 Å². The van der Waals surface area contributed by atoms with Gasteiger partial charge in [-0.05, 0) is 6.92 Å². The zero-order valence-electron chi connectivity index (χ0n) is 15.0. The van der Waals surface area contributed by atoms with Crippen LogP contribution in [0.4, 0.5) is 17.3 Å². The molecule has 0 aromatic rings. The minimum atomic E-state index is -5.88. The molecule has 18 nitrogen and oxygen atoms in total. The molecule has 0 saturated heterocycles. The van der Waals surface area contributed by atoms with Gasteiger partial charge in [-0.15, -0.1) is 0 Å². The van der Waals surface area contributed by atoms with Crippen LogP contribution in [0.2, 0.25) is 0 Å². The van der Waals surface area contributed by atoms with Gasteiger partial charge in [0.1, 0.15) is 0 Å². The Kier molecular flexibility index (Phi) is 34.4. The van der Waals surface area contributed by atoms with Crippen molar-refractivity contribution in [3.8, 4) is 0 Å². The van der Waals surface area contributed by atoms with E-state index < -0.39 is 83.3 Å². The first kappa shape index (κ1) is 50.4. The molecule has 0 spiro atoms. The summed E-state index contributed by atoms with van der Waals surface area (Å²) in [4.78, 5) is 0. The van der Waals surface area contributed by atoms with E-state index in [-0.39, 0.29) is 24.6 Å². The Labute approximate surface area is 203 Å². The topological polar surface area (TPSA) is 345 Å². The number of hydrogen-bond donors (Lipinski definition) is 10. The molecule has 0 aliphatic heterocycles. The molecule has 0 aromatic carbocycles. The number of hydrogen-bond acceptors (Lipinski definition) is 8. The van der Waals surface area contributed by atoms with E-state index in [1.807, 2.05) is 0 Å². The zero-order valence-corrected chi connectivity index (χ0v) is 25.2. The average molecular weight is 836 g/mol. The van der Waals surface area contributed by atoms with E-state index in [1.54, 1.807) is 0 Å². The number of rotatable bonds is 1. The normalized spacial score (nSPS) is 12.9. The summed E-state index contributed by atoms with van der Waals surface area (Å²) in [5.74, 6) is -0.201. The summed E-state index contributed by atoms with van der Waals surface area (Å²) in [5.41, 5.74) is 0. The molecule has 1 unspecified atom stereocenters. The Morgan fingerprint density at radius 2 is 0.656 bits per heavy atom. The summed E-state index contributed by atoms with van der Waals surface area (Å²) in [6.45, 7) is 1.37. The fraction of sp³-hybridized carbons (Fsp3) is 1.00. The van der Waals surface area contributed by atoms with E-state index in [4.69, 9.17) is 64.2 Å². The first-order valence-corrected chi connectivity index (χ1v) is 22.6. The van der Waals surface area contributed by atoms with Gasteiger partial charge in [-0.1, -0.05) is 0 Å². The third kappa shape index (κ3) is 1420. The minimum absolute atomic E-state index is 0. The van der Waals surface area contributed by atoms with E-state index in [0.29, 0.717) is 0 Å². The summed E-state index contributed by atoms with van der Waals surface area (Å²) >= 11 is -28.4. The van der Waals surface area contributed by atoms with Crippen LogP contribution < -0.4 is 23.0 Å². The van der Waals surface area contributed by atoms with Gasteiger partial charge >= 0.3 is 169 Å². The third-order valence-corrected chi connectivity index (χ3v) is 1.09. The van der Waals surface area contributed by atoms with Gasteiger partial charge in [0.05, 0.1) is 5.75 Å². The predicted molar refractivity (Wildman–Crippen MR) is 79.8 cm³/mol. The molecule has 0 aliphatic carbocycles. The van der Waals surface area contributed by atoms with Gasteiger partial charge < -0.3 is 0 Å². The third-order valence-electron chi connectivity index (χ3n) is 0.365. The molecule has 1 atom stereocenters. The molecule has 0 aliphatic rings. The summed E-state index contributed by atoms with van der Waals surface area (Å²) in [7, 11) is -3.66. The van der Waals surface area contributed by atoms with Crippen LogP contribution in [0.1, 0.15) is 6.92 Å². The Balaban J connectivity index is -0.0000000467. The van der Waals surface area contributed by atoms with Crippen molar-refractivity contribution in [1.29, 1.82) is 0 Å². The van der Waals surface area contributed by atoms with Gasteiger partial charge in [0.2, 0.25) is 0 Å². The van der Waals surface area contributed by atoms with Crippen molar-refractivity contribution in [2.24, 2.45) is 0 Å². The summed E-state index contributed by atoms with van der Waals surface area (Å²) in [6.07, 6.45) is 0. The van der Waals surface area contributed by atoms with Crippen LogP contribution >= 0.6 is 0 Å². The van der Waals surface area contributed by atoms with E-state index in [1.165, 1.54) is 6.92 Å². The van der Waals surface area contributed by atoms with Crippen molar-refractivity contribution in [3.63, 3.8) is 0 Å². The number of halogens is 5. The molecule has 10 N–H and O–H groups in total. The van der Waals surface area contributed by atoms with E-state index >= 15 is 0 Å². The van der Waals surface area contributed by atoms with Crippen molar-refractivity contribution in [1.82, 2.24) is 0 Å². The van der Waals surface area contributed by atoms with E-state index in [9.17, 15) is 25.8 Å². The van der Waals surface area contributed by atoms with Crippen molar-refractivity contribution < 1.29 is 109 Å². The van der Waals surface area contributed by atoms with Gasteiger partial charge in [-0.2, -0.15) is 8.42 Å². The second-order valence-corrected chi connectivity index (χ2v) is 14.8. The fourth-order valence-electron chi connectivity index (χ4n) is 0. The SMILES string of the molecule is CCS(=O)(=O)O.O=[As](O)(O)F.O=[As](O)(O)F.O=[As](O)(O)F.O=[As](O)(O)F.O=[As]([O-])(O)F.[Li+]. The van der Waals surface area contributed by atoms with Crippen molar-refractivity contribution >= 4 is 83.3 Å².